The van der Waals surface area contributed by atoms with Crippen molar-refractivity contribution in [2.75, 3.05) is 12.4 Å². The zero-order chi connectivity index (χ0) is 17.8. The van der Waals surface area contributed by atoms with E-state index in [1.165, 1.54) is 10.6 Å². The van der Waals surface area contributed by atoms with Crippen molar-refractivity contribution in [2.24, 2.45) is 0 Å². The van der Waals surface area contributed by atoms with Crippen LogP contribution in [0.2, 0.25) is 0 Å². The lowest BCUT2D eigenvalue weighted by Crippen LogP contribution is -2.18. The molecule has 0 unspecified atom stereocenters. The Hall–Kier alpha value is -3.16. The Balaban J connectivity index is 1.89. The summed E-state index contributed by atoms with van der Waals surface area (Å²) in [5.41, 5.74) is 0.0903. The van der Waals surface area contributed by atoms with Crippen LogP contribution in [0, 0.1) is 0 Å². The first-order valence-electron chi connectivity index (χ1n) is 8.05. The number of aryl methyl sites for hydroxylation is 1. The number of hydrogen-bond donors (Lipinski definition) is 2. The molecule has 8 heteroatoms. The van der Waals surface area contributed by atoms with Crippen LogP contribution in [0.15, 0.2) is 35.1 Å². The summed E-state index contributed by atoms with van der Waals surface area (Å²) in [6, 6.07) is 7.97. The Bertz CT molecular complexity index is 943. The number of anilines is 1. The van der Waals surface area contributed by atoms with Gasteiger partial charge in [0.15, 0.2) is 5.82 Å². The van der Waals surface area contributed by atoms with Gasteiger partial charge in [0.05, 0.1) is 7.11 Å². The highest BCUT2D eigenvalue weighted by Gasteiger charge is 2.13. The minimum atomic E-state index is -0.355. The average Bonchev–Trinajstić information content (AvgIpc) is 3.02. The smallest absolute Gasteiger partial charge is 0.256 e. The third-order valence-corrected chi connectivity index (χ3v) is 3.73. The number of amides is 1. The van der Waals surface area contributed by atoms with Crippen molar-refractivity contribution in [1.29, 1.82) is 0 Å². The number of hydrogen-bond acceptors (Lipinski definition) is 5. The number of carbonyl (C=O) groups is 1. The highest BCUT2D eigenvalue weighted by molar-refractivity contribution is 6.03. The Kier molecular flexibility index (Phi) is 4.78. The number of rotatable bonds is 6. The predicted molar refractivity (Wildman–Crippen MR) is 93.2 cm³/mol. The molecule has 3 rings (SSSR count). The highest BCUT2D eigenvalue weighted by Crippen LogP contribution is 2.14. The molecule has 130 valence electrons. The second-order valence-electron chi connectivity index (χ2n) is 5.57. The van der Waals surface area contributed by atoms with Gasteiger partial charge in [0.1, 0.15) is 11.6 Å². The van der Waals surface area contributed by atoms with Crippen LogP contribution in [-0.4, -0.2) is 32.6 Å². The van der Waals surface area contributed by atoms with Crippen molar-refractivity contribution in [2.45, 2.75) is 26.2 Å². The lowest BCUT2D eigenvalue weighted by atomic mass is 10.2. The average molecular weight is 341 g/mol. The van der Waals surface area contributed by atoms with Gasteiger partial charge in [0.25, 0.3) is 11.5 Å². The van der Waals surface area contributed by atoms with E-state index in [0.717, 1.165) is 12.8 Å². The maximum Gasteiger partial charge on any atom is 0.256 e. The first-order valence-corrected chi connectivity index (χ1v) is 8.05. The van der Waals surface area contributed by atoms with Gasteiger partial charge in [-0.05, 0) is 30.7 Å². The summed E-state index contributed by atoms with van der Waals surface area (Å²) in [5.74, 6) is 1.52. The number of methoxy groups -OCH3 is 1. The van der Waals surface area contributed by atoms with E-state index in [-0.39, 0.29) is 17.3 Å². The first kappa shape index (κ1) is 16.7. The largest absolute Gasteiger partial charge is 0.497 e. The Labute approximate surface area is 143 Å². The number of ether oxygens (including phenoxy) is 1. The molecule has 1 aromatic carbocycles. The van der Waals surface area contributed by atoms with Crippen LogP contribution in [-0.2, 0) is 6.42 Å². The highest BCUT2D eigenvalue weighted by atomic mass is 16.5. The summed E-state index contributed by atoms with van der Waals surface area (Å²) in [7, 11) is 1.56. The van der Waals surface area contributed by atoms with E-state index in [1.54, 1.807) is 31.4 Å². The maximum atomic E-state index is 12.4. The summed E-state index contributed by atoms with van der Waals surface area (Å²) >= 11 is 0. The van der Waals surface area contributed by atoms with Crippen LogP contribution < -0.4 is 15.6 Å². The van der Waals surface area contributed by atoms with Crippen molar-refractivity contribution >= 4 is 17.5 Å². The molecule has 3 aromatic rings. The lowest BCUT2D eigenvalue weighted by Gasteiger charge is -2.07. The molecule has 0 bridgehead atoms. The molecule has 25 heavy (non-hydrogen) atoms. The third-order valence-electron chi connectivity index (χ3n) is 3.73. The second kappa shape index (κ2) is 7.16. The van der Waals surface area contributed by atoms with Gasteiger partial charge < -0.3 is 10.1 Å². The molecule has 2 heterocycles. The summed E-state index contributed by atoms with van der Waals surface area (Å²) < 4.78 is 6.51. The summed E-state index contributed by atoms with van der Waals surface area (Å²) in [4.78, 5) is 31.2. The molecule has 2 N–H and O–H groups in total. The van der Waals surface area contributed by atoms with Gasteiger partial charge in [-0.15, -0.1) is 5.10 Å². The van der Waals surface area contributed by atoms with Crippen molar-refractivity contribution in [3.8, 4) is 5.75 Å². The van der Waals surface area contributed by atoms with Crippen LogP contribution in [0.4, 0.5) is 5.82 Å². The fourth-order valence-corrected chi connectivity index (χ4v) is 2.40. The quantitative estimate of drug-likeness (QED) is 0.714. The van der Waals surface area contributed by atoms with Gasteiger partial charge in [-0.2, -0.15) is 9.50 Å². The van der Waals surface area contributed by atoms with Crippen LogP contribution in [0.25, 0.3) is 5.78 Å². The van der Waals surface area contributed by atoms with Crippen LogP contribution >= 0.6 is 0 Å². The monoisotopic (exact) mass is 341 g/mol. The predicted octanol–water partition coefficient (Wildman–Crippen LogP) is 2.02. The molecule has 0 radical (unpaired) electrons. The molecule has 0 saturated carbocycles. The van der Waals surface area contributed by atoms with Crippen molar-refractivity contribution in [3.63, 3.8) is 0 Å². The number of nitrogens with zero attached hydrogens (tertiary/aromatic N) is 3. The lowest BCUT2D eigenvalue weighted by molar-refractivity contribution is 0.102. The SMILES string of the molecule is CCCCc1nc2[nH]c(=O)cc(NC(=O)c3ccc(OC)cc3)n2n1. The number of carbonyl (C=O) groups excluding carboxylic acids is 1. The van der Waals surface area contributed by atoms with E-state index in [2.05, 4.69) is 27.3 Å². The first-order chi connectivity index (χ1) is 12.1. The number of H-pyrrole nitrogens is 1. The molecule has 8 nitrogen and oxygen atoms in total. The normalized spacial score (nSPS) is 10.8. The van der Waals surface area contributed by atoms with Crippen LogP contribution in [0.5, 0.6) is 5.75 Å². The van der Waals surface area contributed by atoms with Crippen LogP contribution in [0.3, 0.4) is 0 Å². The van der Waals surface area contributed by atoms with E-state index < -0.39 is 0 Å². The van der Waals surface area contributed by atoms with Crippen molar-refractivity contribution < 1.29 is 9.53 Å². The van der Waals surface area contributed by atoms with E-state index >= 15 is 0 Å². The van der Waals surface area contributed by atoms with Gasteiger partial charge in [-0.25, -0.2) is 0 Å². The molecule has 0 atom stereocenters. The number of aromatic nitrogens is 4. The van der Waals surface area contributed by atoms with E-state index in [4.69, 9.17) is 4.74 Å². The zero-order valence-electron chi connectivity index (χ0n) is 14.1. The van der Waals surface area contributed by atoms with Gasteiger partial charge in [-0.3, -0.25) is 14.6 Å². The molecule has 0 spiro atoms. The van der Waals surface area contributed by atoms with Gasteiger partial charge in [-0.1, -0.05) is 13.3 Å². The fraction of sp³-hybridized carbons (Fsp3) is 0.294. The molecule has 2 aromatic heterocycles. The van der Waals surface area contributed by atoms with Gasteiger partial charge in [0.2, 0.25) is 5.78 Å². The third kappa shape index (κ3) is 3.68. The molecule has 0 aliphatic heterocycles. The maximum absolute atomic E-state index is 12.4. The van der Waals surface area contributed by atoms with Crippen molar-refractivity contribution in [1.82, 2.24) is 19.6 Å². The molecule has 0 aliphatic carbocycles. The van der Waals surface area contributed by atoms with E-state index in [0.29, 0.717) is 29.3 Å². The summed E-state index contributed by atoms with van der Waals surface area (Å²) in [5, 5.41) is 7.08. The molecular formula is C17H19N5O3. The standard InChI is InChI=1S/C17H19N5O3/c1-3-4-5-13-18-17-20-15(23)10-14(22(17)21-13)19-16(24)11-6-8-12(25-2)9-7-11/h6-10H,3-5H2,1-2H3,(H,19,24)(H,18,20,21,23). The Morgan fingerprint density at radius 1 is 1.32 bits per heavy atom. The molecule has 0 saturated heterocycles. The number of nitrogens with one attached hydrogen (secondary N) is 2. The summed E-state index contributed by atoms with van der Waals surface area (Å²) in [6.45, 7) is 2.08. The van der Waals surface area contributed by atoms with Gasteiger partial charge >= 0.3 is 0 Å². The minimum absolute atomic E-state index is 0.273. The Morgan fingerprint density at radius 2 is 2.08 bits per heavy atom. The van der Waals surface area contributed by atoms with E-state index in [9.17, 15) is 9.59 Å². The van der Waals surface area contributed by atoms with Crippen molar-refractivity contribution in [3.05, 3.63) is 52.1 Å². The molecule has 0 aliphatic rings. The Morgan fingerprint density at radius 3 is 2.76 bits per heavy atom. The zero-order valence-corrected chi connectivity index (χ0v) is 14.1. The number of fused-ring (bicyclic) bond motifs is 1. The molecular weight excluding hydrogens is 322 g/mol. The number of benzene rings is 1. The minimum Gasteiger partial charge on any atom is -0.497 e. The van der Waals surface area contributed by atoms with E-state index in [1.807, 2.05) is 0 Å². The second-order valence-corrected chi connectivity index (χ2v) is 5.57. The van der Waals surface area contributed by atoms with Gasteiger partial charge in [0, 0.05) is 18.1 Å². The summed E-state index contributed by atoms with van der Waals surface area (Å²) in [6.07, 6.45) is 2.69. The fourth-order valence-electron chi connectivity index (χ4n) is 2.40. The number of unbranched alkanes of at least 4 members (excludes halogenated alkanes) is 1. The molecule has 1 amide bonds. The molecule has 0 fully saturated rings. The number of aromatic amines is 1. The topological polar surface area (TPSA) is 101 Å². The van der Waals surface area contributed by atoms with Crippen LogP contribution in [0.1, 0.15) is 35.9 Å².